The minimum Gasteiger partial charge on any atom is -0.293 e. The van der Waals surface area contributed by atoms with E-state index in [9.17, 15) is 4.21 Å². The molecule has 0 rings (SSSR count). The Hall–Kier alpha value is 0.0300. The van der Waals surface area contributed by atoms with Crippen LogP contribution in [0.5, 0.6) is 0 Å². The van der Waals surface area contributed by atoms with E-state index in [1.807, 2.05) is 18.9 Å². The van der Waals surface area contributed by atoms with Crippen LogP contribution in [-0.4, -0.2) is 25.9 Å². The molecule has 0 fully saturated rings. The summed E-state index contributed by atoms with van der Waals surface area (Å²) >= 11 is -1.96. The van der Waals surface area contributed by atoms with Crippen molar-refractivity contribution in [3.63, 3.8) is 0 Å². The van der Waals surface area contributed by atoms with Gasteiger partial charge in [0.1, 0.15) is 0 Å². The maximum atomic E-state index is 10.6. The maximum Gasteiger partial charge on any atom is 0.246 e. The van der Waals surface area contributed by atoms with Crippen molar-refractivity contribution < 1.29 is 8.76 Å². The number of hydrogen-bond acceptors (Lipinski definition) is 2. The predicted molar refractivity (Wildman–Crippen MR) is 55.3 cm³/mol. The average molecular weight is 208 g/mol. The van der Waals surface area contributed by atoms with Gasteiger partial charge < -0.3 is 0 Å². The Morgan fingerprint density at radius 3 is 1.92 bits per heavy atom. The van der Waals surface area contributed by atoms with Gasteiger partial charge in [-0.15, -0.1) is 4.83 Å². The molecular weight excluding hydrogens is 188 g/mol. The van der Waals surface area contributed by atoms with Crippen LogP contribution in [0.1, 0.15) is 40.5 Å². The van der Waals surface area contributed by atoms with Gasteiger partial charge in [0.15, 0.2) is 0 Å². The molecule has 0 spiro atoms. The second kappa shape index (κ2) is 6.48. The molecule has 80 valence electrons. The van der Waals surface area contributed by atoms with E-state index in [1.165, 1.54) is 0 Å². The number of nitrogens with zero attached hydrogens (tertiary/aromatic N) is 1. The number of hydrogen-bond donors (Lipinski definition) is 2. The second-order valence-electron chi connectivity index (χ2n) is 3.26. The van der Waals surface area contributed by atoms with E-state index in [1.54, 1.807) is 0 Å². The van der Waals surface area contributed by atoms with Gasteiger partial charge in [-0.1, -0.05) is 13.8 Å². The lowest BCUT2D eigenvalue weighted by atomic mass is 10.2. The molecule has 0 saturated carbocycles. The van der Waals surface area contributed by atoms with Crippen LogP contribution >= 0.6 is 0 Å². The van der Waals surface area contributed by atoms with Crippen LogP contribution in [0.2, 0.25) is 0 Å². The Morgan fingerprint density at radius 2 is 1.69 bits per heavy atom. The molecule has 0 heterocycles. The van der Waals surface area contributed by atoms with E-state index in [0.717, 1.165) is 12.8 Å². The molecule has 0 aromatic heterocycles. The third-order valence-electron chi connectivity index (χ3n) is 2.31. The number of hydrazine groups is 1. The fraction of sp³-hybridized carbons (Fsp3) is 1.00. The van der Waals surface area contributed by atoms with Gasteiger partial charge in [0, 0.05) is 12.1 Å². The summed E-state index contributed by atoms with van der Waals surface area (Å²) in [5.41, 5.74) is 0. The highest BCUT2D eigenvalue weighted by Crippen LogP contribution is 2.08. The van der Waals surface area contributed by atoms with Crippen LogP contribution in [0.3, 0.4) is 0 Å². The third-order valence-corrected chi connectivity index (χ3v) is 2.68. The van der Waals surface area contributed by atoms with Gasteiger partial charge in [0.05, 0.1) is 0 Å². The Bertz CT molecular complexity index is 156. The molecule has 3 unspecified atom stereocenters. The van der Waals surface area contributed by atoms with Crippen LogP contribution in [-0.2, 0) is 11.3 Å². The monoisotopic (exact) mass is 208 g/mol. The zero-order valence-electron chi connectivity index (χ0n) is 8.78. The van der Waals surface area contributed by atoms with Crippen LogP contribution in [0.15, 0.2) is 0 Å². The molecule has 3 atom stereocenters. The highest BCUT2D eigenvalue weighted by atomic mass is 32.2. The van der Waals surface area contributed by atoms with E-state index in [-0.39, 0.29) is 12.1 Å². The van der Waals surface area contributed by atoms with Gasteiger partial charge in [0.2, 0.25) is 11.3 Å². The van der Waals surface area contributed by atoms with E-state index in [0.29, 0.717) is 0 Å². The fourth-order valence-corrected chi connectivity index (χ4v) is 1.64. The summed E-state index contributed by atoms with van der Waals surface area (Å²) in [5, 5.41) is 1.84. The van der Waals surface area contributed by atoms with Gasteiger partial charge in [-0.05, 0) is 26.7 Å². The van der Waals surface area contributed by atoms with Crippen molar-refractivity contribution in [3.05, 3.63) is 0 Å². The summed E-state index contributed by atoms with van der Waals surface area (Å²) in [5.74, 6) is 0. The zero-order valence-corrected chi connectivity index (χ0v) is 9.60. The Balaban J connectivity index is 4.26. The normalized spacial score (nSPS) is 18.6. The summed E-state index contributed by atoms with van der Waals surface area (Å²) in [6.07, 6.45) is 1.91. The summed E-state index contributed by atoms with van der Waals surface area (Å²) in [6.45, 7) is 8.18. The van der Waals surface area contributed by atoms with E-state index >= 15 is 0 Å². The molecule has 0 aromatic rings. The molecule has 0 amide bonds. The standard InChI is InChI=1S/C8H20N2O2S/c1-5-7(3)10(8(4)6-2)9-13(11)12/h7-9H,5-6H2,1-4H3,(H,11,12). The zero-order chi connectivity index (χ0) is 10.4. The molecule has 0 aliphatic carbocycles. The Labute approximate surface area is 83.1 Å². The van der Waals surface area contributed by atoms with Crippen molar-refractivity contribution in [2.45, 2.75) is 52.6 Å². The van der Waals surface area contributed by atoms with Crippen molar-refractivity contribution in [2.24, 2.45) is 0 Å². The topological polar surface area (TPSA) is 52.6 Å². The lowest BCUT2D eigenvalue weighted by Gasteiger charge is -2.32. The smallest absolute Gasteiger partial charge is 0.246 e. The third kappa shape index (κ3) is 4.71. The predicted octanol–water partition coefficient (Wildman–Crippen LogP) is 1.53. The Morgan fingerprint density at radius 1 is 1.31 bits per heavy atom. The van der Waals surface area contributed by atoms with Gasteiger partial charge in [-0.25, -0.2) is 9.22 Å². The molecule has 4 nitrogen and oxygen atoms in total. The van der Waals surface area contributed by atoms with Crippen LogP contribution in [0, 0.1) is 0 Å². The minimum absolute atomic E-state index is 0.269. The summed E-state index contributed by atoms with van der Waals surface area (Å²) < 4.78 is 19.3. The van der Waals surface area contributed by atoms with Crippen molar-refractivity contribution in [3.8, 4) is 0 Å². The number of rotatable bonds is 6. The van der Waals surface area contributed by atoms with Crippen molar-refractivity contribution in [1.82, 2.24) is 9.84 Å². The van der Waals surface area contributed by atoms with Crippen LogP contribution in [0.4, 0.5) is 0 Å². The number of nitrogens with one attached hydrogen (secondary N) is 1. The van der Waals surface area contributed by atoms with Gasteiger partial charge in [-0.2, -0.15) is 0 Å². The molecule has 0 radical (unpaired) electrons. The van der Waals surface area contributed by atoms with Crippen molar-refractivity contribution in [1.29, 1.82) is 0 Å². The summed E-state index contributed by atoms with van der Waals surface area (Å²) in [7, 11) is 0. The summed E-state index contributed by atoms with van der Waals surface area (Å²) in [4.78, 5) is 2.54. The Kier molecular flexibility index (Phi) is 6.49. The largest absolute Gasteiger partial charge is 0.293 e. The molecular formula is C8H20N2O2S. The van der Waals surface area contributed by atoms with Gasteiger partial charge in [-0.3, -0.25) is 4.55 Å². The molecule has 0 aliphatic rings. The highest BCUT2D eigenvalue weighted by molar-refractivity contribution is 7.77. The SMILES string of the molecule is CCC(C)N(NS(=O)O)C(C)CC. The average Bonchev–Trinajstić information content (AvgIpc) is 2.11. The first kappa shape index (κ1) is 13.0. The molecule has 0 saturated heterocycles. The van der Waals surface area contributed by atoms with Crippen LogP contribution < -0.4 is 4.83 Å². The molecule has 5 heteroatoms. The van der Waals surface area contributed by atoms with E-state index < -0.39 is 11.3 Å². The second-order valence-corrected chi connectivity index (χ2v) is 3.94. The molecule has 2 N–H and O–H groups in total. The van der Waals surface area contributed by atoms with Gasteiger partial charge >= 0.3 is 0 Å². The highest BCUT2D eigenvalue weighted by Gasteiger charge is 2.18. The van der Waals surface area contributed by atoms with Gasteiger partial charge in [0.25, 0.3) is 0 Å². The van der Waals surface area contributed by atoms with Crippen molar-refractivity contribution >= 4 is 11.3 Å². The quantitative estimate of drug-likeness (QED) is 0.514. The lowest BCUT2D eigenvalue weighted by Crippen LogP contribution is -2.49. The van der Waals surface area contributed by atoms with E-state index in [4.69, 9.17) is 4.55 Å². The van der Waals surface area contributed by atoms with Crippen LogP contribution in [0.25, 0.3) is 0 Å². The molecule has 0 aliphatic heterocycles. The van der Waals surface area contributed by atoms with Crippen molar-refractivity contribution in [2.75, 3.05) is 0 Å². The molecule has 0 bridgehead atoms. The molecule has 13 heavy (non-hydrogen) atoms. The minimum atomic E-state index is -1.96. The first-order chi connectivity index (χ1) is 6.02. The fourth-order valence-electron chi connectivity index (χ4n) is 1.10. The summed E-state index contributed by atoms with van der Waals surface area (Å²) in [6, 6.07) is 0.539. The first-order valence-electron chi connectivity index (χ1n) is 4.68. The van der Waals surface area contributed by atoms with E-state index in [2.05, 4.69) is 18.7 Å². The maximum absolute atomic E-state index is 10.6. The first-order valence-corrected chi connectivity index (χ1v) is 5.79. The molecule has 0 aromatic carbocycles. The lowest BCUT2D eigenvalue weighted by molar-refractivity contribution is 0.117.